The fraction of sp³-hybridized carbons (Fsp3) is 0.625. The summed E-state index contributed by atoms with van der Waals surface area (Å²) in [5.74, 6) is 1.56. The van der Waals surface area contributed by atoms with Crippen molar-refractivity contribution in [2.45, 2.75) is 39.7 Å². The molecule has 1 aromatic rings. The van der Waals surface area contributed by atoms with Crippen LogP contribution in [-0.2, 0) is 0 Å². The number of furan rings is 1. The van der Waals surface area contributed by atoms with E-state index < -0.39 is 0 Å². The van der Waals surface area contributed by atoms with Gasteiger partial charge in [-0.1, -0.05) is 0 Å². The van der Waals surface area contributed by atoms with Crippen molar-refractivity contribution in [3.8, 4) is 0 Å². The molecule has 1 aromatic heterocycles. The zero-order valence-electron chi connectivity index (χ0n) is 13.4. The van der Waals surface area contributed by atoms with Gasteiger partial charge < -0.3 is 19.5 Å². The Kier molecular flexibility index (Phi) is 3.85. The van der Waals surface area contributed by atoms with Gasteiger partial charge in [-0.3, -0.25) is 4.79 Å². The summed E-state index contributed by atoms with van der Waals surface area (Å²) in [5.41, 5.74) is 1.64. The van der Waals surface area contributed by atoms with E-state index in [-0.39, 0.29) is 18.0 Å². The van der Waals surface area contributed by atoms with Crippen molar-refractivity contribution in [3.63, 3.8) is 0 Å². The minimum Gasteiger partial charge on any atom is -0.466 e. The quantitative estimate of drug-likeness (QED) is 0.906. The normalized spacial score (nSPS) is 19.7. The molecule has 3 heterocycles. The average molecular weight is 305 g/mol. The zero-order valence-corrected chi connectivity index (χ0v) is 13.4. The second kappa shape index (κ2) is 5.66. The van der Waals surface area contributed by atoms with E-state index in [0.717, 1.165) is 37.3 Å². The number of nitrogens with zero attached hydrogens (tertiary/aromatic N) is 2. The van der Waals surface area contributed by atoms with Gasteiger partial charge in [0.1, 0.15) is 11.5 Å². The molecular weight excluding hydrogens is 282 g/mol. The first-order valence-corrected chi connectivity index (χ1v) is 7.89. The molecule has 2 saturated heterocycles. The first kappa shape index (κ1) is 14.9. The lowest BCUT2D eigenvalue weighted by atomic mass is 10.0. The predicted molar refractivity (Wildman–Crippen MR) is 81.9 cm³/mol. The smallest absolute Gasteiger partial charge is 0.317 e. The summed E-state index contributed by atoms with van der Waals surface area (Å²) >= 11 is 0. The van der Waals surface area contributed by atoms with Crippen molar-refractivity contribution in [3.05, 3.63) is 22.6 Å². The second-order valence-electron chi connectivity index (χ2n) is 6.16. The summed E-state index contributed by atoms with van der Waals surface area (Å²) in [6.45, 7) is 8.54. The number of nitrogens with one attached hydrogen (secondary N) is 1. The molecule has 0 saturated carbocycles. The minimum absolute atomic E-state index is 0.0296. The Morgan fingerprint density at radius 2 is 1.82 bits per heavy atom. The molecule has 1 N–H and O–H groups in total. The zero-order chi connectivity index (χ0) is 15.9. The van der Waals surface area contributed by atoms with Crippen LogP contribution in [0.2, 0.25) is 0 Å². The van der Waals surface area contributed by atoms with E-state index in [0.29, 0.717) is 24.4 Å². The van der Waals surface area contributed by atoms with Gasteiger partial charge in [0.05, 0.1) is 5.56 Å². The Bertz CT molecular complexity index is 600. The number of hydrogen-bond donors (Lipinski definition) is 1. The molecule has 2 aliphatic heterocycles. The maximum absolute atomic E-state index is 12.7. The van der Waals surface area contributed by atoms with Crippen LogP contribution < -0.4 is 5.32 Å². The van der Waals surface area contributed by atoms with E-state index in [1.54, 1.807) is 0 Å². The molecular formula is C16H23N3O3. The molecule has 0 spiro atoms. The molecule has 2 fully saturated rings. The lowest BCUT2D eigenvalue weighted by molar-refractivity contribution is 0.0664. The molecule has 6 nitrogen and oxygen atoms in total. The lowest BCUT2D eigenvalue weighted by Crippen LogP contribution is -2.47. The van der Waals surface area contributed by atoms with Gasteiger partial charge in [0.2, 0.25) is 0 Å². The number of aryl methyl sites for hydroxylation is 2. The van der Waals surface area contributed by atoms with E-state index >= 15 is 0 Å². The van der Waals surface area contributed by atoms with Crippen LogP contribution in [0.25, 0.3) is 0 Å². The summed E-state index contributed by atoms with van der Waals surface area (Å²) in [4.78, 5) is 28.2. The van der Waals surface area contributed by atoms with Gasteiger partial charge in [-0.15, -0.1) is 0 Å². The Labute approximate surface area is 130 Å². The van der Waals surface area contributed by atoms with E-state index in [9.17, 15) is 9.59 Å². The number of carbonyl (C=O) groups excluding carboxylic acids is 2. The number of amides is 3. The molecule has 22 heavy (non-hydrogen) atoms. The molecule has 0 atom stereocenters. The highest BCUT2D eigenvalue weighted by Crippen LogP contribution is 2.25. The maximum Gasteiger partial charge on any atom is 0.317 e. The van der Waals surface area contributed by atoms with Crippen LogP contribution in [0.5, 0.6) is 0 Å². The van der Waals surface area contributed by atoms with Gasteiger partial charge in [0, 0.05) is 37.8 Å². The lowest BCUT2D eigenvalue weighted by Gasteiger charge is -2.36. The average Bonchev–Trinajstić information content (AvgIpc) is 3.03. The number of urea groups is 1. The predicted octanol–water partition coefficient (Wildman–Crippen LogP) is 1.83. The van der Waals surface area contributed by atoms with Crippen molar-refractivity contribution in [2.75, 3.05) is 26.2 Å². The van der Waals surface area contributed by atoms with Crippen molar-refractivity contribution in [1.29, 1.82) is 0 Å². The Morgan fingerprint density at radius 1 is 1.14 bits per heavy atom. The monoisotopic (exact) mass is 305 g/mol. The van der Waals surface area contributed by atoms with Crippen molar-refractivity contribution in [2.24, 2.45) is 0 Å². The molecule has 0 aromatic carbocycles. The number of rotatable bonds is 2. The molecule has 0 aliphatic carbocycles. The Balaban J connectivity index is 1.66. The molecule has 0 bridgehead atoms. The van der Waals surface area contributed by atoms with E-state index in [4.69, 9.17) is 4.42 Å². The van der Waals surface area contributed by atoms with E-state index in [2.05, 4.69) is 5.32 Å². The van der Waals surface area contributed by atoms with Crippen molar-refractivity contribution < 1.29 is 14.0 Å². The first-order valence-electron chi connectivity index (χ1n) is 7.89. The SMILES string of the molecule is Cc1oc(C)c(C(=O)N2CCC(N3CCNC3=O)CC2)c1C. The van der Waals surface area contributed by atoms with Crippen molar-refractivity contribution >= 4 is 11.9 Å². The highest BCUT2D eigenvalue weighted by atomic mass is 16.3. The second-order valence-corrected chi connectivity index (χ2v) is 6.16. The third kappa shape index (κ3) is 2.46. The minimum atomic E-state index is 0.0296. The highest BCUT2D eigenvalue weighted by Gasteiger charge is 2.33. The summed E-state index contributed by atoms with van der Waals surface area (Å²) in [6, 6.07) is 0.279. The van der Waals surface area contributed by atoms with Crippen LogP contribution in [0.3, 0.4) is 0 Å². The summed E-state index contributed by atoms with van der Waals surface area (Å²) < 4.78 is 5.57. The number of piperidine rings is 1. The van der Waals surface area contributed by atoms with Gasteiger partial charge in [-0.05, 0) is 33.6 Å². The summed E-state index contributed by atoms with van der Waals surface area (Å²) in [5, 5.41) is 2.84. The van der Waals surface area contributed by atoms with Crippen LogP contribution in [0.4, 0.5) is 4.79 Å². The first-order chi connectivity index (χ1) is 10.5. The summed E-state index contributed by atoms with van der Waals surface area (Å²) in [6.07, 6.45) is 1.68. The molecule has 0 unspecified atom stereocenters. The number of hydrogen-bond acceptors (Lipinski definition) is 3. The molecule has 6 heteroatoms. The molecule has 0 radical (unpaired) electrons. The maximum atomic E-state index is 12.7. The van der Waals surface area contributed by atoms with Crippen LogP contribution in [0.15, 0.2) is 4.42 Å². The molecule has 3 amide bonds. The van der Waals surface area contributed by atoms with Gasteiger partial charge in [-0.2, -0.15) is 0 Å². The van der Waals surface area contributed by atoms with Crippen molar-refractivity contribution in [1.82, 2.24) is 15.1 Å². The third-order valence-corrected chi connectivity index (χ3v) is 4.86. The molecule has 120 valence electrons. The Morgan fingerprint density at radius 3 is 2.32 bits per heavy atom. The topological polar surface area (TPSA) is 65.8 Å². The van der Waals surface area contributed by atoms with Gasteiger partial charge in [-0.25, -0.2) is 4.79 Å². The Hall–Kier alpha value is -1.98. The third-order valence-electron chi connectivity index (χ3n) is 4.86. The number of likely N-dealkylation sites (tertiary alicyclic amines) is 1. The van der Waals surface area contributed by atoms with Crippen LogP contribution in [0.1, 0.15) is 40.3 Å². The highest BCUT2D eigenvalue weighted by molar-refractivity contribution is 5.97. The fourth-order valence-electron chi connectivity index (χ4n) is 3.48. The molecule has 2 aliphatic rings. The standard InChI is InChI=1S/C16H23N3O3/c1-10-11(2)22-12(3)14(10)15(20)18-7-4-13(5-8-18)19-9-6-17-16(19)21/h13H,4-9H2,1-3H3,(H,17,21). The van der Waals surface area contributed by atoms with Gasteiger partial charge in [0.15, 0.2) is 0 Å². The van der Waals surface area contributed by atoms with Gasteiger partial charge >= 0.3 is 6.03 Å². The van der Waals surface area contributed by atoms with Crippen LogP contribution in [0, 0.1) is 20.8 Å². The fourth-order valence-corrected chi connectivity index (χ4v) is 3.48. The number of carbonyl (C=O) groups is 2. The van der Waals surface area contributed by atoms with Crippen LogP contribution in [-0.4, -0.2) is 54.0 Å². The largest absolute Gasteiger partial charge is 0.466 e. The molecule has 3 rings (SSSR count). The van der Waals surface area contributed by atoms with Gasteiger partial charge in [0.25, 0.3) is 5.91 Å². The van der Waals surface area contributed by atoms with Crippen LogP contribution >= 0.6 is 0 Å². The van der Waals surface area contributed by atoms with E-state index in [1.807, 2.05) is 30.6 Å². The van der Waals surface area contributed by atoms with E-state index in [1.165, 1.54) is 0 Å². The summed E-state index contributed by atoms with van der Waals surface area (Å²) in [7, 11) is 0.